The number of carbonyl (C=O) groups excluding carboxylic acids is 1. The van der Waals surface area contributed by atoms with E-state index in [-0.39, 0.29) is 23.8 Å². The number of hydrogen-bond donors (Lipinski definition) is 0. The maximum absolute atomic E-state index is 14.1. The van der Waals surface area contributed by atoms with Crippen LogP contribution in [0.2, 0.25) is 0 Å². The SMILES string of the molecule is COc1ccc([C@H]2CN(C(C)=O)[C@@H]3CCN(Cc4cccc(F)c4F)C[C@H]23)cc1. The normalized spacial score (nSPS) is 24.4. The van der Waals surface area contributed by atoms with Crippen LogP contribution in [0.5, 0.6) is 5.75 Å². The summed E-state index contributed by atoms with van der Waals surface area (Å²) in [5.74, 6) is -0.193. The van der Waals surface area contributed by atoms with Crippen LogP contribution in [0.4, 0.5) is 8.78 Å². The smallest absolute Gasteiger partial charge is 0.219 e. The topological polar surface area (TPSA) is 32.8 Å². The molecule has 0 aromatic heterocycles. The minimum atomic E-state index is -0.808. The van der Waals surface area contributed by atoms with Crippen LogP contribution < -0.4 is 4.74 Å². The largest absolute Gasteiger partial charge is 0.497 e. The van der Waals surface area contributed by atoms with Crippen molar-refractivity contribution in [2.75, 3.05) is 26.7 Å². The summed E-state index contributed by atoms with van der Waals surface area (Å²) < 4.78 is 33.0. The Morgan fingerprint density at radius 2 is 1.90 bits per heavy atom. The molecule has 1 amide bonds. The molecule has 0 aliphatic carbocycles. The molecule has 29 heavy (non-hydrogen) atoms. The number of carbonyl (C=O) groups is 1. The third-order valence-electron chi connectivity index (χ3n) is 6.39. The fourth-order valence-corrected chi connectivity index (χ4v) is 4.93. The summed E-state index contributed by atoms with van der Waals surface area (Å²) in [4.78, 5) is 16.4. The fraction of sp³-hybridized carbons (Fsp3) is 0.435. The van der Waals surface area contributed by atoms with Crippen LogP contribution in [0, 0.1) is 17.6 Å². The summed E-state index contributed by atoms with van der Waals surface area (Å²) in [5, 5.41) is 0. The van der Waals surface area contributed by atoms with E-state index in [2.05, 4.69) is 17.0 Å². The molecule has 0 unspecified atom stereocenters. The van der Waals surface area contributed by atoms with Crippen LogP contribution in [0.15, 0.2) is 42.5 Å². The predicted molar refractivity (Wildman–Crippen MR) is 107 cm³/mol. The van der Waals surface area contributed by atoms with E-state index in [9.17, 15) is 13.6 Å². The molecule has 0 spiro atoms. The summed E-state index contributed by atoms with van der Waals surface area (Å²) in [6, 6.07) is 12.5. The van der Waals surface area contributed by atoms with Gasteiger partial charge in [-0.2, -0.15) is 0 Å². The second-order valence-corrected chi connectivity index (χ2v) is 8.02. The van der Waals surface area contributed by atoms with Gasteiger partial charge in [-0.1, -0.05) is 24.3 Å². The molecule has 2 fully saturated rings. The number of ether oxygens (including phenoxy) is 1. The van der Waals surface area contributed by atoms with E-state index >= 15 is 0 Å². The van der Waals surface area contributed by atoms with E-state index in [1.807, 2.05) is 17.0 Å². The van der Waals surface area contributed by atoms with E-state index in [1.165, 1.54) is 5.56 Å². The van der Waals surface area contributed by atoms with Crippen LogP contribution in [-0.2, 0) is 11.3 Å². The Bertz CT molecular complexity index is 887. The van der Waals surface area contributed by atoms with Crippen molar-refractivity contribution in [3.05, 3.63) is 65.2 Å². The van der Waals surface area contributed by atoms with Crippen LogP contribution in [0.25, 0.3) is 0 Å². The van der Waals surface area contributed by atoms with Gasteiger partial charge in [0.15, 0.2) is 11.6 Å². The molecular formula is C23H26F2N2O2. The molecule has 2 heterocycles. The van der Waals surface area contributed by atoms with Gasteiger partial charge in [0.25, 0.3) is 0 Å². The number of rotatable bonds is 4. The van der Waals surface area contributed by atoms with Crippen molar-refractivity contribution in [3.8, 4) is 5.75 Å². The standard InChI is InChI=1S/C23H26F2N2O2/c1-15(28)27-14-19(16-6-8-18(29-2)9-7-16)20-13-26(11-10-22(20)27)12-17-4-3-5-21(24)23(17)25/h3-9,19-20,22H,10-14H2,1-2H3/t19-,20-,22-/m1/s1. The monoisotopic (exact) mass is 400 g/mol. The van der Waals surface area contributed by atoms with Gasteiger partial charge in [-0.3, -0.25) is 9.69 Å². The molecule has 2 aromatic rings. The summed E-state index contributed by atoms with van der Waals surface area (Å²) in [6.45, 7) is 4.21. The number of amides is 1. The third kappa shape index (κ3) is 3.86. The van der Waals surface area contributed by atoms with Gasteiger partial charge in [-0.25, -0.2) is 8.78 Å². The van der Waals surface area contributed by atoms with Crippen molar-refractivity contribution in [1.29, 1.82) is 0 Å². The van der Waals surface area contributed by atoms with Gasteiger partial charge in [0.05, 0.1) is 7.11 Å². The molecule has 2 saturated heterocycles. The minimum absolute atomic E-state index is 0.0978. The molecule has 2 aliphatic heterocycles. The van der Waals surface area contributed by atoms with E-state index in [0.29, 0.717) is 18.7 Å². The highest BCUT2D eigenvalue weighted by Crippen LogP contribution is 2.42. The van der Waals surface area contributed by atoms with Crippen molar-refractivity contribution in [3.63, 3.8) is 0 Å². The Hall–Kier alpha value is -2.47. The van der Waals surface area contributed by atoms with E-state index < -0.39 is 11.6 Å². The Labute approximate surface area is 170 Å². The van der Waals surface area contributed by atoms with E-state index in [0.717, 1.165) is 31.3 Å². The highest BCUT2D eigenvalue weighted by molar-refractivity contribution is 5.74. The van der Waals surface area contributed by atoms with E-state index in [1.54, 1.807) is 26.2 Å². The molecule has 0 radical (unpaired) electrons. The summed E-state index contributed by atoms with van der Waals surface area (Å²) in [6.07, 6.45) is 0.841. The number of halogens is 2. The molecule has 4 nitrogen and oxygen atoms in total. The van der Waals surface area contributed by atoms with Gasteiger partial charge in [-0.05, 0) is 30.2 Å². The lowest BCUT2D eigenvalue weighted by molar-refractivity contribution is -0.130. The zero-order valence-electron chi connectivity index (χ0n) is 16.8. The Morgan fingerprint density at radius 1 is 1.14 bits per heavy atom. The lowest BCUT2D eigenvalue weighted by Gasteiger charge is -2.39. The molecule has 2 aliphatic rings. The second-order valence-electron chi connectivity index (χ2n) is 8.02. The summed E-state index contributed by atoms with van der Waals surface area (Å²) in [7, 11) is 1.64. The van der Waals surface area contributed by atoms with Gasteiger partial charge in [-0.15, -0.1) is 0 Å². The first-order valence-electron chi connectivity index (χ1n) is 10.0. The fourth-order valence-electron chi connectivity index (χ4n) is 4.93. The van der Waals surface area contributed by atoms with Gasteiger partial charge >= 0.3 is 0 Å². The van der Waals surface area contributed by atoms with Gasteiger partial charge in [0.2, 0.25) is 5.91 Å². The number of fused-ring (bicyclic) bond motifs is 1. The van der Waals surface area contributed by atoms with Gasteiger partial charge in [0, 0.05) is 56.5 Å². The molecule has 154 valence electrons. The molecule has 0 bridgehead atoms. The number of benzene rings is 2. The number of likely N-dealkylation sites (tertiary alicyclic amines) is 2. The molecule has 3 atom stereocenters. The Morgan fingerprint density at radius 3 is 2.59 bits per heavy atom. The van der Waals surface area contributed by atoms with E-state index in [4.69, 9.17) is 4.74 Å². The number of nitrogens with zero attached hydrogens (tertiary/aromatic N) is 2. The zero-order valence-corrected chi connectivity index (χ0v) is 16.8. The second kappa shape index (κ2) is 8.11. The lowest BCUT2D eigenvalue weighted by Crippen LogP contribution is -2.47. The molecule has 4 rings (SSSR count). The Kier molecular flexibility index (Phi) is 5.54. The highest BCUT2D eigenvalue weighted by Gasteiger charge is 2.46. The van der Waals surface area contributed by atoms with Crippen molar-refractivity contribution < 1.29 is 18.3 Å². The predicted octanol–water partition coefficient (Wildman–Crippen LogP) is 3.81. The maximum atomic E-state index is 14.1. The molecule has 6 heteroatoms. The van der Waals surface area contributed by atoms with Crippen molar-refractivity contribution in [2.45, 2.75) is 31.8 Å². The molecule has 0 N–H and O–H groups in total. The zero-order chi connectivity index (χ0) is 20.5. The first kappa shape index (κ1) is 19.8. The average Bonchev–Trinajstić information content (AvgIpc) is 3.11. The average molecular weight is 400 g/mol. The first-order chi connectivity index (χ1) is 14.0. The first-order valence-corrected chi connectivity index (χ1v) is 10.0. The highest BCUT2D eigenvalue weighted by atomic mass is 19.2. The quantitative estimate of drug-likeness (QED) is 0.783. The summed E-state index contributed by atoms with van der Waals surface area (Å²) >= 11 is 0. The van der Waals surface area contributed by atoms with Crippen LogP contribution in [0.3, 0.4) is 0 Å². The van der Waals surface area contributed by atoms with Crippen molar-refractivity contribution in [2.24, 2.45) is 5.92 Å². The van der Waals surface area contributed by atoms with Crippen LogP contribution in [-0.4, -0.2) is 48.5 Å². The molecular weight excluding hydrogens is 374 g/mol. The third-order valence-corrected chi connectivity index (χ3v) is 6.39. The maximum Gasteiger partial charge on any atom is 0.219 e. The number of methoxy groups -OCH3 is 1. The molecule has 0 saturated carbocycles. The van der Waals surface area contributed by atoms with Gasteiger partial charge in [0.1, 0.15) is 5.75 Å². The van der Waals surface area contributed by atoms with Crippen LogP contribution in [0.1, 0.15) is 30.4 Å². The summed E-state index contributed by atoms with van der Waals surface area (Å²) in [5.41, 5.74) is 1.56. The molecule has 2 aromatic carbocycles. The van der Waals surface area contributed by atoms with Gasteiger partial charge < -0.3 is 9.64 Å². The van der Waals surface area contributed by atoms with Crippen molar-refractivity contribution in [1.82, 2.24) is 9.80 Å². The number of hydrogen-bond acceptors (Lipinski definition) is 3. The van der Waals surface area contributed by atoms with Crippen molar-refractivity contribution >= 4 is 5.91 Å². The lowest BCUT2D eigenvalue weighted by atomic mass is 9.81. The number of piperidine rings is 1. The minimum Gasteiger partial charge on any atom is -0.497 e. The van der Waals surface area contributed by atoms with Crippen LogP contribution >= 0.6 is 0 Å². The Balaban J connectivity index is 1.56.